The van der Waals surface area contributed by atoms with Crippen molar-refractivity contribution in [1.82, 2.24) is 14.8 Å². The second-order valence-corrected chi connectivity index (χ2v) is 8.91. The van der Waals surface area contributed by atoms with Crippen LogP contribution in [0.4, 0.5) is 4.39 Å². The second kappa shape index (κ2) is 9.69. The van der Waals surface area contributed by atoms with Gasteiger partial charge in [-0.25, -0.2) is 9.37 Å². The lowest BCUT2D eigenvalue weighted by Gasteiger charge is -2.22. The lowest BCUT2D eigenvalue weighted by molar-refractivity contribution is 0.0787. The highest BCUT2D eigenvalue weighted by atomic mass is 35.5. The summed E-state index contributed by atoms with van der Waals surface area (Å²) in [6.07, 6.45) is 2.13. The summed E-state index contributed by atoms with van der Waals surface area (Å²) in [5.41, 5.74) is 2.64. The van der Waals surface area contributed by atoms with E-state index in [1.165, 1.54) is 23.5 Å². The van der Waals surface area contributed by atoms with Crippen LogP contribution in [0.1, 0.15) is 39.5 Å². The summed E-state index contributed by atoms with van der Waals surface area (Å²) in [6.45, 7) is 3.55. The lowest BCUT2D eigenvalue weighted by atomic mass is 10.1. The SMILES string of the molecule is O=C(c1csc(CN(Cc2ccc(F)cc2)Cc2cccc(Cl)c2)n1)N1CCCC1. The highest BCUT2D eigenvalue weighted by Gasteiger charge is 2.22. The molecule has 1 aliphatic heterocycles. The van der Waals surface area contributed by atoms with Crippen LogP contribution in [0, 0.1) is 5.82 Å². The number of carbonyl (C=O) groups excluding carboxylic acids is 1. The molecular formula is C23H23ClFN3OS. The van der Waals surface area contributed by atoms with E-state index < -0.39 is 0 Å². The van der Waals surface area contributed by atoms with Crippen LogP contribution in [0.5, 0.6) is 0 Å². The summed E-state index contributed by atoms with van der Waals surface area (Å²) in [5.74, 6) is -0.222. The minimum absolute atomic E-state index is 0.0231. The lowest BCUT2D eigenvalue weighted by Crippen LogP contribution is -2.28. The molecule has 7 heteroatoms. The third kappa shape index (κ3) is 5.45. The normalized spacial score (nSPS) is 13.9. The molecule has 1 aliphatic rings. The van der Waals surface area contributed by atoms with Crippen molar-refractivity contribution in [2.75, 3.05) is 13.1 Å². The van der Waals surface area contributed by atoms with Crippen LogP contribution in [0.15, 0.2) is 53.9 Å². The predicted octanol–water partition coefficient (Wildman–Crippen LogP) is 5.37. The molecule has 2 heterocycles. The van der Waals surface area contributed by atoms with Gasteiger partial charge in [-0.15, -0.1) is 11.3 Å². The molecule has 30 heavy (non-hydrogen) atoms. The van der Waals surface area contributed by atoms with Crippen LogP contribution < -0.4 is 0 Å². The highest BCUT2D eigenvalue weighted by molar-refractivity contribution is 7.09. The number of hydrogen-bond acceptors (Lipinski definition) is 4. The van der Waals surface area contributed by atoms with E-state index in [0.29, 0.717) is 30.4 Å². The maximum atomic E-state index is 13.3. The predicted molar refractivity (Wildman–Crippen MR) is 118 cm³/mol. The van der Waals surface area contributed by atoms with Crippen LogP contribution in [-0.2, 0) is 19.6 Å². The number of aromatic nitrogens is 1. The molecule has 0 aliphatic carbocycles. The number of nitrogens with zero attached hydrogens (tertiary/aromatic N) is 3. The molecule has 0 N–H and O–H groups in total. The first kappa shape index (κ1) is 21.0. The van der Waals surface area contributed by atoms with Gasteiger partial charge in [-0.2, -0.15) is 0 Å². The molecule has 0 bridgehead atoms. The summed E-state index contributed by atoms with van der Waals surface area (Å²) in [7, 11) is 0. The van der Waals surface area contributed by atoms with Crippen LogP contribution in [0.3, 0.4) is 0 Å². The third-order valence-electron chi connectivity index (χ3n) is 5.14. The van der Waals surface area contributed by atoms with Gasteiger partial charge in [0.15, 0.2) is 0 Å². The summed E-state index contributed by atoms with van der Waals surface area (Å²) >= 11 is 7.66. The van der Waals surface area contributed by atoms with E-state index >= 15 is 0 Å². The summed E-state index contributed by atoms with van der Waals surface area (Å²) < 4.78 is 13.3. The molecule has 0 saturated carbocycles. The number of carbonyl (C=O) groups is 1. The van der Waals surface area contributed by atoms with Crippen LogP contribution in [0.25, 0.3) is 0 Å². The first-order valence-corrected chi connectivity index (χ1v) is 11.3. The Morgan fingerprint density at radius 1 is 1.07 bits per heavy atom. The molecule has 1 aromatic heterocycles. The maximum absolute atomic E-state index is 13.3. The summed E-state index contributed by atoms with van der Waals surface area (Å²) in [4.78, 5) is 21.3. The molecule has 0 spiro atoms. The summed E-state index contributed by atoms with van der Waals surface area (Å²) in [5, 5.41) is 3.44. The molecule has 1 amide bonds. The molecule has 0 radical (unpaired) electrons. The van der Waals surface area contributed by atoms with Crippen molar-refractivity contribution >= 4 is 28.8 Å². The average Bonchev–Trinajstić information content (AvgIpc) is 3.41. The number of halogens is 2. The Morgan fingerprint density at radius 3 is 2.53 bits per heavy atom. The van der Waals surface area contributed by atoms with Crippen molar-refractivity contribution in [3.63, 3.8) is 0 Å². The van der Waals surface area contributed by atoms with Gasteiger partial charge in [0.05, 0.1) is 6.54 Å². The first-order valence-electron chi connectivity index (χ1n) is 10.0. The summed E-state index contributed by atoms with van der Waals surface area (Å²) in [6, 6.07) is 14.3. The van der Waals surface area contributed by atoms with Crippen LogP contribution in [-0.4, -0.2) is 33.8 Å². The molecule has 0 unspecified atom stereocenters. The third-order valence-corrected chi connectivity index (χ3v) is 6.21. The topological polar surface area (TPSA) is 36.4 Å². The minimum atomic E-state index is -0.245. The van der Waals surface area contributed by atoms with E-state index in [2.05, 4.69) is 9.88 Å². The number of benzene rings is 2. The Hall–Kier alpha value is -2.28. The Bertz CT molecular complexity index is 1000. The van der Waals surface area contributed by atoms with Gasteiger partial charge < -0.3 is 4.90 Å². The Kier molecular flexibility index (Phi) is 6.77. The smallest absolute Gasteiger partial charge is 0.273 e. The van der Waals surface area contributed by atoms with Gasteiger partial charge in [0.25, 0.3) is 5.91 Å². The monoisotopic (exact) mass is 443 g/mol. The Labute approximate surface area is 184 Å². The molecule has 2 aromatic carbocycles. The first-order chi connectivity index (χ1) is 14.6. The fraction of sp³-hybridized carbons (Fsp3) is 0.304. The molecular weight excluding hydrogens is 421 g/mol. The van der Waals surface area contributed by atoms with Crippen molar-refractivity contribution < 1.29 is 9.18 Å². The quantitative estimate of drug-likeness (QED) is 0.492. The number of rotatable bonds is 7. The fourth-order valence-corrected chi connectivity index (χ4v) is 4.69. The fourth-order valence-electron chi connectivity index (χ4n) is 3.66. The van der Waals surface area contributed by atoms with Crippen molar-refractivity contribution in [2.45, 2.75) is 32.5 Å². The highest BCUT2D eigenvalue weighted by Crippen LogP contribution is 2.20. The number of amides is 1. The van der Waals surface area contributed by atoms with E-state index in [0.717, 1.165) is 42.1 Å². The molecule has 4 rings (SSSR count). The van der Waals surface area contributed by atoms with Gasteiger partial charge in [0, 0.05) is 36.6 Å². The van der Waals surface area contributed by atoms with E-state index in [1.54, 1.807) is 12.1 Å². The molecule has 156 valence electrons. The van der Waals surface area contributed by atoms with Gasteiger partial charge in [0.2, 0.25) is 0 Å². The zero-order valence-electron chi connectivity index (χ0n) is 16.6. The standard InChI is InChI=1S/C23H23ClFN3OS/c24-19-5-3-4-18(12-19)14-27(13-17-6-8-20(25)9-7-17)15-22-26-21(16-30-22)23(29)28-10-1-2-11-28/h3-9,12,16H,1-2,10-11,13-15H2. The van der Waals surface area contributed by atoms with E-state index in [4.69, 9.17) is 11.6 Å². The van der Waals surface area contributed by atoms with Gasteiger partial charge >= 0.3 is 0 Å². The zero-order chi connectivity index (χ0) is 20.9. The van der Waals surface area contributed by atoms with Gasteiger partial charge in [-0.1, -0.05) is 35.9 Å². The molecule has 3 aromatic rings. The molecule has 4 nitrogen and oxygen atoms in total. The number of hydrogen-bond donors (Lipinski definition) is 0. The van der Waals surface area contributed by atoms with Gasteiger partial charge in [-0.05, 0) is 48.2 Å². The Morgan fingerprint density at radius 2 is 1.80 bits per heavy atom. The van der Waals surface area contributed by atoms with E-state index in [-0.39, 0.29) is 11.7 Å². The van der Waals surface area contributed by atoms with E-state index in [9.17, 15) is 9.18 Å². The van der Waals surface area contributed by atoms with Crippen molar-refractivity contribution in [3.05, 3.63) is 86.6 Å². The maximum Gasteiger partial charge on any atom is 0.273 e. The largest absolute Gasteiger partial charge is 0.337 e. The minimum Gasteiger partial charge on any atom is -0.337 e. The molecule has 1 saturated heterocycles. The number of likely N-dealkylation sites (tertiary alicyclic amines) is 1. The number of thiazole rings is 1. The van der Waals surface area contributed by atoms with Crippen LogP contribution in [0.2, 0.25) is 5.02 Å². The Balaban J connectivity index is 1.50. The molecule has 1 fully saturated rings. The van der Waals surface area contributed by atoms with Gasteiger partial charge in [0.1, 0.15) is 16.5 Å². The molecule has 0 atom stereocenters. The van der Waals surface area contributed by atoms with Crippen molar-refractivity contribution in [3.8, 4) is 0 Å². The van der Waals surface area contributed by atoms with Crippen molar-refractivity contribution in [2.24, 2.45) is 0 Å². The van der Waals surface area contributed by atoms with Crippen LogP contribution >= 0.6 is 22.9 Å². The van der Waals surface area contributed by atoms with E-state index in [1.807, 2.05) is 34.5 Å². The average molecular weight is 444 g/mol. The van der Waals surface area contributed by atoms with Gasteiger partial charge in [-0.3, -0.25) is 9.69 Å². The zero-order valence-corrected chi connectivity index (χ0v) is 18.1. The second-order valence-electron chi connectivity index (χ2n) is 7.53. The van der Waals surface area contributed by atoms with Crippen molar-refractivity contribution in [1.29, 1.82) is 0 Å².